The molecule has 4 heteroatoms. The molecule has 33 heavy (non-hydrogen) atoms. The smallest absolute Gasteiger partial charge is 0.185 e. The molecule has 0 saturated carbocycles. The van der Waals surface area contributed by atoms with E-state index in [0.717, 1.165) is 61.2 Å². The van der Waals surface area contributed by atoms with Crippen molar-refractivity contribution in [3.05, 3.63) is 71.8 Å². The monoisotopic (exact) mass is 450 g/mol. The van der Waals surface area contributed by atoms with Crippen molar-refractivity contribution in [1.29, 1.82) is 0 Å². The van der Waals surface area contributed by atoms with Crippen molar-refractivity contribution in [1.82, 2.24) is 0 Å². The van der Waals surface area contributed by atoms with Crippen LogP contribution in [-0.4, -0.2) is 25.6 Å². The molecule has 0 N–H and O–H groups in total. The summed E-state index contributed by atoms with van der Waals surface area (Å²) < 4.78 is 17.8. The third-order valence-corrected chi connectivity index (χ3v) is 5.16. The third-order valence-electron chi connectivity index (χ3n) is 5.16. The fourth-order valence-corrected chi connectivity index (χ4v) is 3.32. The normalized spacial score (nSPS) is 10.9. The molecule has 0 fully saturated rings. The van der Waals surface area contributed by atoms with Gasteiger partial charge in [-0.2, -0.15) is 0 Å². The number of aryl methyl sites for hydroxylation is 1. The maximum Gasteiger partial charge on any atom is 0.185 e. The van der Waals surface area contributed by atoms with Crippen LogP contribution in [0.3, 0.4) is 0 Å². The highest BCUT2D eigenvalue weighted by Crippen LogP contribution is 2.35. The Labute approximate surface area is 199 Å². The van der Waals surface area contributed by atoms with Gasteiger partial charge in [0, 0.05) is 5.56 Å². The van der Waals surface area contributed by atoms with Crippen molar-refractivity contribution >= 4 is 11.9 Å². The van der Waals surface area contributed by atoms with E-state index in [2.05, 4.69) is 33.4 Å². The lowest BCUT2D eigenvalue weighted by Gasteiger charge is -2.18. The van der Waals surface area contributed by atoms with Crippen LogP contribution in [-0.2, 0) is 6.42 Å². The Morgan fingerprint density at radius 1 is 0.879 bits per heavy atom. The molecule has 0 aliphatic rings. The maximum atomic E-state index is 12.9. The highest BCUT2D eigenvalue weighted by molar-refractivity contribution is 6.07. The molecule has 178 valence electrons. The Bertz CT molecular complexity index is 897. The number of ether oxygens (including phenoxy) is 3. The molecule has 2 aromatic rings. The summed E-state index contributed by atoms with van der Waals surface area (Å²) in [5.41, 5.74) is 2.59. The van der Waals surface area contributed by atoms with Gasteiger partial charge >= 0.3 is 0 Å². The van der Waals surface area contributed by atoms with E-state index in [-0.39, 0.29) is 5.78 Å². The van der Waals surface area contributed by atoms with Gasteiger partial charge in [-0.1, -0.05) is 58.8 Å². The summed E-state index contributed by atoms with van der Waals surface area (Å²) in [6, 6.07) is 11.2. The number of allylic oxidation sites excluding steroid dienone is 1. The van der Waals surface area contributed by atoms with E-state index in [0.29, 0.717) is 31.1 Å². The lowest BCUT2D eigenvalue weighted by Crippen LogP contribution is -2.05. The summed E-state index contributed by atoms with van der Waals surface area (Å²) in [6.45, 7) is 11.8. The van der Waals surface area contributed by atoms with E-state index in [9.17, 15) is 4.79 Å². The fourth-order valence-electron chi connectivity index (χ4n) is 3.32. The molecule has 0 saturated heterocycles. The van der Waals surface area contributed by atoms with E-state index in [1.165, 1.54) is 0 Å². The van der Waals surface area contributed by atoms with E-state index in [4.69, 9.17) is 14.2 Å². The van der Waals surface area contributed by atoms with Crippen molar-refractivity contribution < 1.29 is 19.0 Å². The molecular weight excluding hydrogens is 412 g/mol. The van der Waals surface area contributed by atoms with Gasteiger partial charge in [0.25, 0.3) is 0 Å². The van der Waals surface area contributed by atoms with Gasteiger partial charge in [-0.05, 0) is 67.3 Å². The average Bonchev–Trinajstić information content (AvgIpc) is 2.83. The van der Waals surface area contributed by atoms with Gasteiger partial charge in [0.05, 0.1) is 18.8 Å². The van der Waals surface area contributed by atoms with Crippen LogP contribution in [0.1, 0.15) is 74.4 Å². The van der Waals surface area contributed by atoms with Crippen LogP contribution in [0, 0.1) is 0 Å². The zero-order valence-electron chi connectivity index (χ0n) is 20.4. The average molecular weight is 451 g/mol. The predicted molar refractivity (Wildman–Crippen MR) is 137 cm³/mol. The summed E-state index contributed by atoms with van der Waals surface area (Å²) in [5, 5.41) is 0. The molecule has 0 radical (unpaired) electrons. The molecule has 0 heterocycles. The van der Waals surface area contributed by atoms with E-state index in [1.807, 2.05) is 12.1 Å². The van der Waals surface area contributed by atoms with Crippen LogP contribution in [0.4, 0.5) is 0 Å². The highest BCUT2D eigenvalue weighted by Gasteiger charge is 2.15. The summed E-state index contributed by atoms with van der Waals surface area (Å²) in [5.74, 6) is 2.22. The zero-order chi connectivity index (χ0) is 23.9. The molecule has 0 unspecified atom stereocenters. The molecule has 4 nitrogen and oxygen atoms in total. The summed E-state index contributed by atoms with van der Waals surface area (Å²) in [6.07, 6.45) is 11.1. The first-order valence-electron chi connectivity index (χ1n) is 12.1. The number of carbonyl (C=O) groups is 1. The van der Waals surface area contributed by atoms with Crippen molar-refractivity contribution in [3.63, 3.8) is 0 Å². The summed E-state index contributed by atoms with van der Waals surface area (Å²) in [4.78, 5) is 12.9. The predicted octanol–water partition coefficient (Wildman–Crippen LogP) is 7.46. The SMILES string of the molecule is C=CCOc1ccc(C(=O)/C=C/c2c(OCCCC)ccc(CCC)c2OCCCC)cc1. The van der Waals surface area contributed by atoms with Gasteiger partial charge in [-0.15, -0.1) is 0 Å². The zero-order valence-corrected chi connectivity index (χ0v) is 20.4. The van der Waals surface area contributed by atoms with E-state index < -0.39 is 0 Å². The second-order valence-corrected chi connectivity index (χ2v) is 7.94. The second kappa shape index (κ2) is 14.9. The van der Waals surface area contributed by atoms with Crippen LogP contribution in [0.2, 0.25) is 0 Å². The van der Waals surface area contributed by atoms with Gasteiger partial charge in [0.2, 0.25) is 0 Å². The molecule has 0 aromatic heterocycles. The summed E-state index contributed by atoms with van der Waals surface area (Å²) in [7, 11) is 0. The van der Waals surface area contributed by atoms with Crippen molar-refractivity contribution in [3.8, 4) is 17.2 Å². The number of hydrogen-bond donors (Lipinski definition) is 0. The number of benzene rings is 2. The first kappa shape index (κ1) is 26.2. The quantitative estimate of drug-likeness (QED) is 0.115. The minimum Gasteiger partial charge on any atom is -0.493 e. The molecule has 0 aliphatic carbocycles. The van der Waals surface area contributed by atoms with Crippen LogP contribution in [0.25, 0.3) is 6.08 Å². The minimum atomic E-state index is -0.0785. The molecule has 0 bridgehead atoms. The van der Waals surface area contributed by atoms with Crippen LogP contribution < -0.4 is 14.2 Å². The molecular formula is C29H38O4. The van der Waals surface area contributed by atoms with Crippen molar-refractivity contribution in [2.75, 3.05) is 19.8 Å². The van der Waals surface area contributed by atoms with Crippen LogP contribution >= 0.6 is 0 Å². The first-order chi connectivity index (χ1) is 16.1. The first-order valence-corrected chi connectivity index (χ1v) is 12.1. The van der Waals surface area contributed by atoms with Crippen molar-refractivity contribution in [2.45, 2.75) is 59.3 Å². The van der Waals surface area contributed by atoms with Gasteiger partial charge in [0.1, 0.15) is 23.9 Å². The number of rotatable bonds is 16. The Morgan fingerprint density at radius 3 is 2.21 bits per heavy atom. The van der Waals surface area contributed by atoms with Crippen LogP contribution in [0.15, 0.2) is 55.1 Å². The Kier molecular flexibility index (Phi) is 11.9. The Morgan fingerprint density at radius 2 is 1.58 bits per heavy atom. The van der Waals surface area contributed by atoms with E-state index in [1.54, 1.807) is 36.4 Å². The second-order valence-electron chi connectivity index (χ2n) is 7.94. The van der Waals surface area contributed by atoms with Gasteiger partial charge < -0.3 is 14.2 Å². The molecule has 0 atom stereocenters. The molecule has 2 aromatic carbocycles. The van der Waals surface area contributed by atoms with Crippen LogP contribution in [0.5, 0.6) is 17.2 Å². The maximum absolute atomic E-state index is 12.9. The number of ketones is 1. The fraction of sp³-hybridized carbons (Fsp3) is 0.414. The van der Waals surface area contributed by atoms with E-state index >= 15 is 0 Å². The standard InChI is InChI=1S/C29H38O4/c1-5-9-21-32-28-19-14-24(11-7-3)29(33-22-10-6-2)26(28)17-18-27(30)23-12-15-25(16-13-23)31-20-8-4/h8,12-19H,4-7,9-11,20-22H2,1-3H3/b18-17+. The number of unbranched alkanes of at least 4 members (excludes halogenated alkanes) is 2. The number of carbonyl (C=O) groups excluding carboxylic acids is 1. The highest BCUT2D eigenvalue weighted by atomic mass is 16.5. The number of hydrogen-bond acceptors (Lipinski definition) is 4. The molecule has 0 amide bonds. The summed E-state index contributed by atoms with van der Waals surface area (Å²) >= 11 is 0. The van der Waals surface area contributed by atoms with Gasteiger partial charge in [-0.3, -0.25) is 4.79 Å². The Hall–Kier alpha value is -3.01. The third kappa shape index (κ3) is 8.45. The van der Waals surface area contributed by atoms with Gasteiger partial charge in [-0.25, -0.2) is 0 Å². The Balaban J connectivity index is 2.34. The molecule has 0 spiro atoms. The molecule has 2 rings (SSSR count). The van der Waals surface area contributed by atoms with Gasteiger partial charge in [0.15, 0.2) is 5.78 Å². The lowest BCUT2D eigenvalue weighted by molar-refractivity contribution is 0.104. The van der Waals surface area contributed by atoms with Crippen molar-refractivity contribution in [2.24, 2.45) is 0 Å². The largest absolute Gasteiger partial charge is 0.493 e. The molecule has 0 aliphatic heterocycles. The minimum absolute atomic E-state index is 0.0785. The lowest BCUT2D eigenvalue weighted by atomic mass is 10.0. The topological polar surface area (TPSA) is 44.8 Å².